The van der Waals surface area contributed by atoms with E-state index in [4.69, 9.17) is 9.47 Å². The Morgan fingerprint density at radius 1 is 1.43 bits per heavy atom. The maximum Gasteiger partial charge on any atom is 0.118 e. The summed E-state index contributed by atoms with van der Waals surface area (Å²) >= 11 is 0. The first-order valence-corrected chi connectivity index (χ1v) is 4.82. The summed E-state index contributed by atoms with van der Waals surface area (Å²) in [6.07, 6.45) is 1.07. The highest BCUT2D eigenvalue weighted by Gasteiger charge is 2.21. The van der Waals surface area contributed by atoms with Crippen LogP contribution in [0, 0.1) is 0 Å². The maximum absolute atomic E-state index is 9.45. The van der Waals surface area contributed by atoms with E-state index in [-0.39, 0.29) is 0 Å². The number of hydrogen-bond donors (Lipinski definition) is 1. The van der Waals surface area contributed by atoms with Crippen molar-refractivity contribution in [2.75, 3.05) is 19.8 Å². The van der Waals surface area contributed by atoms with Crippen molar-refractivity contribution in [2.45, 2.75) is 12.5 Å². The highest BCUT2D eigenvalue weighted by Crippen LogP contribution is 2.16. The first-order valence-electron chi connectivity index (χ1n) is 4.82. The molecule has 2 rings (SSSR count). The number of aromatic hydroxyl groups is 1. The summed E-state index contributed by atoms with van der Waals surface area (Å²) in [5, 5.41) is 9.45. The van der Waals surface area contributed by atoms with Crippen LogP contribution in [0.25, 0.3) is 0 Å². The van der Waals surface area contributed by atoms with Crippen LogP contribution >= 0.6 is 0 Å². The Kier molecular flexibility index (Phi) is 3.01. The quantitative estimate of drug-likeness (QED) is 0.568. The van der Waals surface area contributed by atoms with Crippen LogP contribution in [0.5, 0.6) is 5.75 Å². The molecule has 76 valence electrons. The van der Waals surface area contributed by atoms with E-state index in [0.717, 1.165) is 18.6 Å². The zero-order valence-corrected chi connectivity index (χ0v) is 7.98. The Balaban J connectivity index is 1.71. The smallest absolute Gasteiger partial charge is 0.118 e. The molecule has 1 saturated heterocycles. The van der Waals surface area contributed by atoms with Crippen molar-refractivity contribution >= 4 is 0 Å². The van der Waals surface area contributed by atoms with Crippen LogP contribution in [0.1, 0.15) is 5.56 Å². The number of phenols is 1. The number of para-hydroxylation sites is 1. The molecule has 0 amide bonds. The van der Waals surface area contributed by atoms with Gasteiger partial charge in [-0.2, -0.15) is 0 Å². The van der Waals surface area contributed by atoms with E-state index >= 15 is 0 Å². The Morgan fingerprint density at radius 3 is 2.93 bits per heavy atom. The molecule has 0 aliphatic carbocycles. The minimum Gasteiger partial charge on any atom is -0.508 e. The standard InChI is InChI=1S/C11H14O3/c12-11-4-2-1-3-9(11)5-6-13-7-10-8-14-10/h1-4,10,12H,5-8H2. The molecule has 0 bridgehead atoms. The average molecular weight is 194 g/mol. The number of ether oxygens (including phenoxy) is 2. The fourth-order valence-electron chi connectivity index (χ4n) is 1.28. The second kappa shape index (κ2) is 4.44. The Labute approximate surface area is 83.3 Å². The monoisotopic (exact) mass is 194 g/mol. The van der Waals surface area contributed by atoms with Gasteiger partial charge in [-0.1, -0.05) is 18.2 Å². The number of rotatable bonds is 5. The fourth-order valence-corrected chi connectivity index (χ4v) is 1.28. The predicted molar refractivity (Wildman–Crippen MR) is 52.4 cm³/mol. The van der Waals surface area contributed by atoms with E-state index < -0.39 is 0 Å². The Bertz CT molecular complexity index is 294. The summed E-state index contributed by atoms with van der Waals surface area (Å²) in [6.45, 7) is 2.14. The zero-order valence-electron chi connectivity index (χ0n) is 7.98. The second-order valence-electron chi connectivity index (χ2n) is 3.41. The first kappa shape index (κ1) is 9.49. The maximum atomic E-state index is 9.45. The molecule has 1 fully saturated rings. The molecule has 1 aromatic carbocycles. The minimum absolute atomic E-state index is 0.319. The molecule has 0 aromatic heterocycles. The van der Waals surface area contributed by atoms with E-state index in [1.54, 1.807) is 6.07 Å². The molecule has 3 heteroatoms. The van der Waals surface area contributed by atoms with Gasteiger partial charge in [0.25, 0.3) is 0 Å². The SMILES string of the molecule is Oc1ccccc1CCOCC1CO1. The molecule has 0 saturated carbocycles. The van der Waals surface area contributed by atoms with Crippen LogP contribution in [-0.4, -0.2) is 31.0 Å². The minimum atomic E-state index is 0.319. The molecule has 1 aliphatic rings. The summed E-state index contributed by atoms with van der Waals surface area (Å²) in [5.74, 6) is 0.346. The normalized spacial score (nSPS) is 19.6. The molecule has 1 N–H and O–H groups in total. The number of phenolic OH excluding ortho intramolecular Hbond substituents is 1. The van der Waals surface area contributed by atoms with Gasteiger partial charge in [0.05, 0.1) is 19.8 Å². The number of epoxide rings is 1. The van der Waals surface area contributed by atoms with Crippen LogP contribution in [0.3, 0.4) is 0 Å². The van der Waals surface area contributed by atoms with E-state index in [1.807, 2.05) is 18.2 Å². The average Bonchev–Trinajstić information content (AvgIpc) is 2.99. The summed E-state index contributed by atoms with van der Waals surface area (Å²) in [7, 11) is 0. The summed E-state index contributed by atoms with van der Waals surface area (Å²) in [4.78, 5) is 0. The summed E-state index contributed by atoms with van der Waals surface area (Å²) in [5.41, 5.74) is 0.934. The van der Waals surface area contributed by atoms with Crippen molar-refractivity contribution in [3.8, 4) is 5.75 Å². The molecule has 14 heavy (non-hydrogen) atoms. The highest BCUT2D eigenvalue weighted by molar-refractivity contribution is 5.31. The first-order chi connectivity index (χ1) is 6.86. The summed E-state index contributed by atoms with van der Waals surface area (Å²) in [6, 6.07) is 7.34. The van der Waals surface area contributed by atoms with Gasteiger partial charge >= 0.3 is 0 Å². The molecule has 1 aliphatic heterocycles. The fraction of sp³-hybridized carbons (Fsp3) is 0.455. The lowest BCUT2D eigenvalue weighted by molar-refractivity contribution is 0.119. The third-order valence-corrected chi connectivity index (χ3v) is 2.21. The van der Waals surface area contributed by atoms with Gasteiger partial charge in [0.2, 0.25) is 0 Å². The van der Waals surface area contributed by atoms with Crippen molar-refractivity contribution in [1.82, 2.24) is 0 Å². The van der Waals surface area contributed by atoms with Crippen LogP contribution < -0.4 is 0 Å². The van der Waals surface area contributed by atoms with Crippen molar-refractivity contribution in [1.29, 1.82) is 0 Å². The van der Waals surface area contributed by atoms with Crippen molar-refractivity contribution in [2.24, 2.45) is 0 Å². The number of hydrogen-bond acceptors (Lipinski definition) is 3. The van der Waals surface area contributed by atoms with Crippen molar-refractivity contribution < 1.29 is 14.6 Å². The molecule has 1 unspecified atom stereocenters. The Morgan fingerprint density at radius 2 is 2.21 bits per heavy atom. The zero-order chi connectivity index (χ0) is 9.80. The van der Waals surface area contributed by atoms with E-state index in [0.29, 0.717) is 25.1 Å². The van der Waals surface area contributed by atoms with Crippen molar-refractivity contribution in [3.05, 3.63) is 29.8 Å². The molecule has 0 spiro atoms. The van der Waals surface area contributed by atoms with Crippen LogP contribution in [-0.2, 0) is 15.9 Å². The van der Waals surface area contributed by atoms with Crippen LogP contribution in [0.15, 0.2) is 24.3 Å². The van der Waals surface area contributed by atoms with E-state index in [1.165, 1.54) is 0 Å². The molecular formula is C11H14O3. The Hall–Kier alpha value is -1.06. The molecular weight excluding hydrogens is 180 g/mol. The van der Waals surface area contributed by atoms with Gasteiger partial charge in [0.15, 0.2) is 0 Å². The topological polar surface area (TPSA) is 42.0 Å². The molecule has 3 nitrogen and oxygen atoms in total. The van der Waals surface area contributed by atoms with E-state index in [2.05, 4.69) is 0 Å². The van der Waals surface area contributed by atoms with Crippen LogP contribution in [0.4, 0.5) is 0 Å². The molecule has 1 aromatic rings. The lowest BCUT2D eigenvalue weighted by Crippen LogP contribution is -2.04. The van der Waals surface area contributed by atoms with Crippen LogP contribution in [0.2, 0.25) is 0 Å². The summed E-state index contributed by atoms with van der Waals surface area (Å²) < 4.78 is 10.4. The third-order valence-electron chi connectivity index (χ3n) is 2.21. The van der Waals surface area contributed by atoms with Gasteiger partial charge < -0.3 is 14.6 Å². The third kappa shape index (κ3) is 2.72. The second-order valence-corrected chi connectivity index (χ2v) is 3.41. The van der Waals surface area contributed by atoms with Gasteiger partial charge in [-0.25, -0.2) is 0 Å². The lowest BCUT2D eigenvalue weighted by Gasteiger charge is -2.04. The predicted octanol–water partition coefficient (Wildman–Crippen LogP) is 1.35. The molecule has 0 radical (unpaired) electrons. The number of benzene rings is 1. The molecule has 1 heterocycles. The highest BCUT2D eigenvalue weighted by atomic mass is 16.6. The largest absolute Gasteiger partial charge is 0.508 e. The lowest BCUT2D eigenvalue weighted by atomic mass is 10.1. The van der Waals surface area contributed by atoms with Gasteiger partial charge in [-0.15, -0.1) is 0 Å². The van der Waals surface area contributed by atoms with Gasteiger partial charge in [-0.05, 0) is 18.1 Å². The van der Waals surface area contributed by atoms with Crippen molar-refractivity contribution in [3.63, 3.8) is 0 Å². The van der Waals surface area contributed by atoms with Gasteiger partial charge in [0.1, 0.15) is 11.9 Å². The molecule has 1 atom stereocenters. The van der Waals surface area contributed by atoms with Gasteiger partial charge in [0, 0.05) is 0 Å². The van der Waals surface area contributed by atoms with E-state index in [9.17, 15) is 5.11 Å². The van der Waals surface area contributed by atoms with Gasteiger partial charge in [-0.3, -0.25) is 0 Å².